The zero-order chi connectivity index (χ0) is 14.1. The van der Waals surface area contributed by atoms with Crippen LogP contribution in [0.1, 0.15) is 24.4 Å². The zero-order valence-electron chi connectivity index (χ0n) is 11.7. The predicted molar refractivity (Wildman–Crippen MR) is 77.3 cm³/mol. The molecule has 1 N–H and O–H groups in total. The van der Waals surface area contributed by atoms with Gasteiger partial charge in [-0.2, -0.15) is 5.10 Å². The van der Waals surface area contributed by atoms with E-state index in [1.54, 1.807) is 6.20 Å². The summed E-state index contributed by atoms with van der Waals surface area (Å²) in [5.41, 5.74) is 2.87. The summed E-state index contributed by atoms with van der Waals surface area (Å²) in [4.78, 5) is 4.58. The van der Waals surface area contributed by atoms with Crippen LogP contribution < -0.4 is 0 Å². The van der Waals surface area contributed by atoms with Crippen molar-refractivity contribution in [1.29, 1.82) is 0 Å². The number of para-hydroxylation sites is 2. The molecule has 104 valence electrons. The van der Waals surface area contributed by atoms with Gasteiger partial charge in [0.2, 0.25) is 0 Å². The van der Waals surface area contributed by atoms with Gasteiger partial charge in [-0.15, -0.1) is 0 Å². The molecule has 3 rings (SSSR count). The molecular weight excluding hydrogens is 252 g/mol. The third-order valence-corrected chi connectivity index (χ3v) is 3.62. The Labute approximate surface area is 117 Å². The number of aliphatic hydroxyl groups is 1. The Morgan fingerprint density at radius 3 is 2.80 bits per heavy atom. The third kappa shape index (κ3) is 2.20. The summed E-state index contributed by atoms with van der Waals surface area (Å²) in [7, 11) is 1.98. The number of fused-ring (bicyclic) bond motifs is 1. The number of aliphatic hydroxyl groups excluding tert-OH is 1. The lowest BCUT2D eigenvalue weighted by Crippen LogP contribution is -2.06. The van der Waals surface area contributed by atoms with Gasteiger partial charge in [-0.25, -0.2) is 4.98 Å². The molecule has 0 spiro atoms. The maximum Gasteiger partial charge on any atom is 0.112 e. The van der Waals surface area contributed by atoms with Gasteiger partial charge in [0.1, 0.15) is 5.82 Å². The van der Waals surface area contributed by atoms with Gasteiger partial charge in [-0.3, -0.25) is 4.68 Å². The molecule has 1 atom stereocenters. The van der Waals surface area contributed by atoms with Crippen molar-refractivity contribution in [2.45, 2.75) is 26.0 Å². The zero-order valence-corrected chi connectivity index (χ0v) is 11.7. The molecule has 0 aliphatic rings. The Morgan fingerprint density at radius 2 is 2.10 bits per heavy atom. The van der Waals surface area contributed by atoms with E-state index in [-0.39, 0.29) is 0 Å². The smallest absolute Gasteiger partial charge is 0.112 e. The normalized spacial score (nSPS) is 12.9. The lowest BCUT2D eigenvalue weighted by atomic mass is 10.1. The summed E-state index contributed by atoms with van der Waals surface area (Å²) in [6, 6.07) is 7.99. The number of aromatic nitrogens is 4. The Kier molecular flexibility index (Phi) is 3.28. The number of rotatable bonds is 4. The van der Waals surface area contributed by atoms with Crippen LogP contribution in [0.3, 0.4) is 0 Å². The van der Waals surface area contributed by atoms with E-state index in [2.05, 4.69) is 10.1 Å². The summed E-state index contributed by atoms with van der Waals surface area (Å²) in [5.74, 6) is 0.878. The molecule has 0 radical (unpaired) electrons. The van der Waals surface area contributed by atoms with E-state index in [9.17, 15) is 5.11 Å². The van der Waals surface area contributed by atoms with Gasteiger partial charge in [-0.05, 0) is 19.1 Å². The third-order valence-electron chi connectivity index (χ3n) is 3.62. The fraction of sp³-hybridized carbons (Fsp3) is 0.333. The first-order valence-electron chi connectivity index (χ1n) is 6.79. The second-order valence-electron chi connectivity index (χ2n) is 4.93. The number of hydrogen-bond acceptors (Lipinski definition) is 3. The van der Waals surface area contributed by atoms with E-state index < -0.39 is 6.10 Å². The van der Waals surface area contributed by atoms with Crippen molar-refractivity contribution in [1.82, 2.24) is 19.3 Å². The Bertz CT molecular complexity index is 728. The number of nitrogens with zero attached hydrogens (tertiary/aromatic N) is 4. The van der Waals surface area contributed by atoms with Crippen molar-refractivity contribution >= 4 is 11.0 Å². The summed E-state index contributed by atoms with van der Waals surface area (Å²) in [6.07, 6.45) is 3.51. The molecule has 0 aliphatic heterocycles. The second kappa shape index (κ2) is 5.09. The van der Waals surface area contributed by atoms with Gasteiger partial charge >= 0.3 is 0 Å². The quantitative estimate of drug-likeness (QED) is 0.789. The van der Waals surface area contributed by atoms with Crippen molar-refractivity contribution in [3.05, 3.63) is 48.0 Å². The van der Waals surface area contributed by atoms with Crippen LogP contribution >= 0.6 is 0 Å². The molecule has 0 bridgehead atoms. The highest BCUT2D eigenvalue weighted by Crippen LogP contribution is 2.20. The number of hydrogen-bond donors (Lipinski definition) is 1. The van der Waals surface area contributed by atoms with Gasteiger partial charge in [0.25, 0.3) is 0 Å². The van der Waals surface area contributed by atoms with E-state index in [0.717, 1.165) is 29.0 Å². The highest BCUT2D eigenvalue weighted by Gasteiger charge is 2.15. The van der Waals surface area contributed by atoms with E-state index in [1.165, 1.54) is 0 Å². The molecule has 0 amide bonds. The average molecular weight is 270 g/mol. The fourth-order valence-corrected chi connectivity index (χ4v) is 2.39. The Hall–Kier alpha value is -2.14. The van der Waals surface area contributed by atoms with Crippen LogP contribution in [0.25, 0.3) is 11.0 Å². The fourth-order valence-electron chi connectivity index (χ4n) is 2.39. The van der Waals surface area contributed by atoms with Crippen LogP contribution in [0.2, 0.25) is 0 Å². The molecule has 20 heavy (non-hydrogen) atoms. The molecule has 1 aromatic carbocycles. The van der Waals surface area contributed by atoms with Gasteiger partial charge in [0.15, 0.2) is 0 Å². The van der Waals surface area contributed by atoms with E-state index in [4.69, 9.17) is 0 Å². The van der Waals surface area contributed by atoms with Crippen LogP contribution in [0.5, 0.6) is 0 Å². The minimum absolute atomic E-state index is 0.487. The molecular formula is C15H18N4O. The lowest BCUT2D eigenvalue weighted by molar-refractivity contribution is 0.175. The van der Waals surface area contributed by atoms with Crippen molar-refractivity contribution in [3.63, 3.8) is 0 Å². The van der Waals surface area contributed by atoms with Crippen LogP contribution in [-0.4, -0.2) is 24.4 Å². The van der Waals surface area contributed by atoms with Crippen molar-refractivity contribution in [2.24, 2.45) is 7.05 Å². The van der Waals surface area contributed by atoms with Crippen LogP contribution in [-0.2, 0) is 20.0 Å². The standard InChI is InChI=1S/C15H18N4O/c1-3-19-10-11(9-16-19)14(20)8-15-17-12-6-4-5-7-13(12)18(15)2/h4-7,9-10,14,20H,3,8H2,1-2H3. The predicted octanol–water partition coefficient (Wildman–Crippen LogP) is 2.07. The largest absolute Gasteiger partial charge is 0.388 e. The Balaban J connectivity index is 1.87. The van der Waals surface area contributed by atoms with E-state index in [0.29, 0.717) is 6.42 Å². The van der Waals surface area contributed by atoms with E-state index >= 15 is 0 Å². The van der Waals surface area contributed by atoms with Gasteiger partial charge in [0, 0.05) is 31.8 Å². The van der Waals surface area contributed by atoms with Gasteiger partial charge in [-0.1, -0.05) is 12.1 Å². The van der Waals surface area contributed by atoms with Crippen LogP contribution in [0, 0.1) is 0 Å². The average Bonchev–Trinajstić information content (AvgIpc) is 3.05. The number of benzene rings is 1. The molecule has 5 heteroatoms. The monoisotopic (exact) mass is 270 g/mol. The highest BCUT2D eigenvalue weighted by atomic mass is 16.3. The van der Waals surface area contributed by atoms with Gasteiger partial charge in [0.05, 0.1) is 23.3 Å². The summed E-state index contributed by atoms with van der Waals surface area (Å²) in [5, 5.41) is 14.5. The van der Waals surface area contributed by atoms with Crippen molar-refractivity contribution < 1.29 is 5.11 Å². The summed E-state index contributed by atoms with van der Waals surface area (Å²) in [6.45, 7) is 2.83. The molecule has 0 saturated carbocycles. The summed E-state index contributed by atoms with van der Waals surface area (Å²) >= 11 is 0. The number of imidazole rings is 1. The topological polar surface area (TPSA) is 55.9 Å². The van der Waals surface area contributed by atoms with Gasteiger partial charge < -0.3 is 9.67 Å². The molecule has 0 fully saturated rings. The second-order valence-corrected chi connectivity index (χ2v) is 4.93. The first kappa shape index (κ1) is 12.9. The van der Waals surface area contributed by atoms with E-state index in [1.807, 2.05) is 53.7 Å². The first-order chi connectivity index (χ1) is 9.69. The maximum atomic E-state index is 10.3. The van der Waals surface area contributed by atoms with Crippen LogP contribution in [0.15, 0.2) is 36.7 Å². The first-order valence-corrected chi connectivity index (χ1v) is 6.79. The maximum absolute atomic E-state index is 10.3. The molecule has 2 aromatic heterocycles. The lowest BCUT2D eigenvalue weighted by Gasteiger charge is -2.08. The molecule has 0 aliphatic carbocycles. The highest BCUT2D eigenvalue weighted by molar-refractivity contribution is 5.75. The molecule has 5 nitrogen and oxygen atoms in total. The SMILES string of the molecule is CCn1cc(C(O)Cc2nc3ccccc3n2C)cn1. The Morgan fingerprint density at radius 1 is 1.30 bits per heavy atom. The number of aryl methyl sites for hydroxylation is 2. The molecule has 0 saturated heterocycles. The van der Waals surface area contributed by atoms with Crippen LogP contribution in [0.4, 0.5) is 0 Å². The molecule has 3 aromatic rings. The minimum atomic E-state index is -0.578. The molecule has 1 unspecified atom stereocenters. The minimum Gasteiger partial charge on any atom is -0.388 e. The molecule has 2 heterocycles. The van der Waals surface area contributed by atoms with Crippen molar-refractivity contribution in [3.8, 4) is 0 Å². The van der Waals surface area contributed by atoms with Crippen molar-refractivity contribution in [2.75, 3.05) is 0 Å². The summed E-state index contributed by atoms with van der Waals surface area (Å²) < 4.78 is 3.84.